The van der Waals surface area contributed by atoms with Crippen molar-refractivity contribution >= 4 is 5.84 Å². The van der Waals surface area contributed by atoms with Crippen molar-refractivity contribution in [1.82, 2.24) is 0 Å². The van der Waals surface area contributed by atoms with Crippen LogP contribution in [0.25, 0.3) is 0 Å². The van der Waals surface area contributed by atoms with Crippen molar-refractivity contribution in [3.8, 4) is 0 Å². The Kier molecular flexibility index (Phi) is 3.56. The van der Waals surface area contributed by atoms with Gasteiger partial charge in [0, 0.05) is 5.92 Å². The summed E-state index contributed by atoms with van der Waals surface area (Å²) in [4.78, 5) is 4.78. The van der Waals surface area contributed by atoms with Gasteiger partial charge in [-0.15, -0.1) is 0 Å². The van der Waals surface area contributed by atoms with E-state index in [4.69, 9.17) is 10.7 Å². The van der Waals surface area contributed by atoms with Crippen molar-refractivity contribution in [2.75, 3.05) is 0 Å². The fourth-order valence-electron chi connectivity index (χ4n) is 3.05. The van der Waals surface area contributed by atoms with Gasteiger partial charge in [0.1, 0.15) is 0 Å². The number of hydrogen-bond donors (Lipinski definition) is 1. The molecule has 2 saturated carbocycles. The number of nitrogens with two attached hydrogens (primary N) is 1. The van der Waals surface area contributed by atoms with Gasteiger partial charge >= 0.3 is 0 Å². The molecule has 2 rings (SSSR count). The average molecular weight is 222 g/mol. The van der Waals surface area contributed by atoms with E-state index in [0.717, 1.165) is 5.84 Å². The summed E-state index contributed by atoms with van der Waals surface area (Å²) in [6.07, 6.45) is 10.3. The molecule has 0 aromatic rings. The molecule has 0 heterocycles. The highest BCUT2D eigenvalue weighted by molar-refractivity contribution is 5.83. The lowest BCUT2D eigenvalue weighted by molar-refractivity contribution is 0.226. The molecule has 2 aliphatic rings. The van der Waals surface area contributed by atoms with E-state index in [1.54, 1.807) is 0 Å². The van der Waals surface area contributed by atoms with Gasteiger partial charge < -0.3 is 5.73 Å². The topological polar surface area (TPSA) is 38.4 Å². The van der Waals surface area contributed by atoms with Crippen molar-refractivity contribution in [1.29, 1.82) is 0 Å². The van der Waals surface area contributed by atoms with Crippen LogP contribution in [-0.4, -0.2) is 11.9 Å². The summed E-state index contributed by atoms with van der Waals surface area (Å²) in [5.41, 5.74) is 6.66. The molecule has 0 aliphatic heterocycles. The van der Waals surface area contributed by atoms with Crippen LogP contribution < -0.4 is 5.73 Å². The highest BCUT2D eigenvalue weighted by Gasteiger charge is 2.27. The summed E-state index contributed by atoms with van der Waals surface area (Å²) in [6.45, 7) is 4.74. The Morgan fingerprint density at radius 2 is 1.62 bits per heavy atom. The van der Waals surface area contributed by atoms with Gasteiger partial charge in [-0.1, -0.05) is 26.7 Å². The van der Waals surface area contributed by atoms with Gasteiger partial charge in [0.2, 0.25) is 0 Å². The fourth-order valence-corrected chi connectivity index (χ4v) is 3.05. The molecule has 0 bridgehead atoms. The number of nitrogens with zero attached hydrogens (tertiary/aromatic N) is 1. The minimum absolute atomic E-state index is 0.522. The Bertz CT molecular complexity index is 252. The van der Waals surface area contributed by atoms with Gasteiger partial charge in [-0.2, -0.15) is 0 Å². The van der Waals surface area contributed by atoms with Crippen LogP contribution >= 0.6 is 0 Å². The zero-order chi connectivity index (χ0) is 11.6. The van der Waals surface area contributed by atoms with Gasteiger partial charge in [0.25, 0.3) is 0 Å². The molecule has 0 unspecified atom stereocenters. The Morgan fingerprint density at radius 3 is 2.19 bits per heavy atom. The zero-order valence-corrected chi connectivity index (χ0v) is 10.8. The number of aliphatic imine (C=N–C) groups is 1. The second-order valence-electron chi connectivity index (χ2n) is 6.43. The van der Waals surface area contributed by atoms with Crippen molar-refractivity contribution in [2.24, 2.45) is 22.1 Å². The molecule has 0 saturated heterocycles. The summed E-state index contributed by atoms with van der Waals surface area (Å²) in [6, 6.07) is 0.522. The lowest BCUT2D eigenvalue weighted by Gasteiger charge is -2.33. The molecule has 2 aliphatic carbocycles. The second kappa shape index (κ2) is 4.77. The molecule has 0 radical (unpaired) electrons. The van der Waals surface area contributed by atoms with Gasteiger partial charge in [0.15, 0.2) is 0 Å². The van der Waals surface area contributed by atoms with Crippen molar-refractivity contribution in [2.45, 2.75) is 71.3 Å². The molecule has 2 N–H and O–H groups in total. The molecular formula is C14H26N2. The molecule has 0 spiro atoms. The van der Waals surface area contributed by atoms with Gasteiger partial charge in [-0.25, -0.2) is 0 Å². The van der Waals surface area contributed by atoms with E-state index in [1.165, 1.54) is 51.4 Å². The predicted octanol–water partition coefficient (Wildman–Crippen LogP) is 3.50. The van der Waals surface area contributed by atoms with Gasteiger partial charge in [-0.3, -0.25) is 4.99 Å². The molecule has 16 heavy (non-hydrogen) atoms. The Morgan fingerprint density at radius 1 is 1.06 bits per heavy atom. The van der Waals surface area contributed by atoms with Gasteiger partial charge in [-0.05, 0) is 43.9 Å². The third kappa shape index (κ3) is 2.99. The van der Waals surface area contributed by atoms with E-state index >= 15 is 0 Å². The lowest BCUT2D eigenvalue weighted by Crippen LogP contribution is -2.28. The Hall–Kier alpha value is -0.530. The average Bonchev–Trinajstić information content (AvgIpc) is 2.74. The van der Waals surface area contributed by atoms with E-state index in [9.17, 15) is 0 Å². The van der Waals surface area contributed by atoms with E-state index in [2.05, 4.69) is 13.8 Å². The first-order chi connectivity index (χ1) is 7.57. The third-order valence-electron chi connectivity index (χ3n) is 4.41. The Balaban J connectivity index is 1.87. The summed E-state index contributed by atoms with van der Waals surface area (Å²) >= 11 is 0. The first kappa shape index (κ1) is 11.9. The molecule has 0 aromatic heterocycles. The van der Waals surface area contributed by atoms with Crippen molar-refractivity contribution in [3.05, 3.63) is 0 Å². The maximum Gasteiger partial charge on any atom is 0.0971 e. The van der Waals surface area contributed by atoms with E-state index in [1.807, 2.05) is 0 Å². The quantitative estimate of drug-likeness (QED) is 0.563. The summed E-state index contributed by atoms with van der Waals surface area (Å²) < 4.78 is 0. The fraction of sp³-hybridized carbons (Fsp3) is 0.929. The van der Waals surface area contributed by atoms with Crippen LogP contribution in [-0.2, 0) is 0 Å². The Labute approximate surface area is 99.7 Å². The van der Waals surface area contributed by atoms with E-state index in [-0.39, 0.29) is 0 Å². The molecule has 0 amide bonds. The van der Waals surface area contributed by atoms with Crippen LogP contribution in [0.1, 0.15) is 65.2 Å². The molecule has 2 heteroatoms. The van der Waals surface area contributed by atoms with Gasteiger partial charge in [0.05, 0.1) is 11.9 Å². The van der Waals surface area contributed by atoms with Crippen LogP contribution in [0.3, 0.4) is 0 Å². The summed E-state index contributed by atoms with van der Waals surface area (Å²) in [7, 11) is 0. The minimum Gasteiger partial charge on any atom is -0.387 e. The van der Waals surface area contributed by atoms with Crippen LogP contribution in [0.4, 0.5) is 0 Å². The smallest absolute Gasteiger partial charge is 0.0971 e. The SMILES string of the molecule is CC1(C)CCC(N=C(N)C2CCCC2)CC1. The summed E-state index contributed by atoms with van der Waals surface area (Å²) in [5, 5.41) is 0. The first-order valence-electron chi connectivity index (χ1n) is 6.90. The molecule has 0 aromatic carbocycles. The number of hydrogen-bond acceptors (Lipinski definition) is 1. The normalized spacial score (nSPS) is 28.5. The van der Waals surface area contributed by atoms with Crippen LogP contribution in [0, 0.1) is 11.3 Å². The summed E-state index contributed by atoms with van der Waals surface area (Å²) in [5.74, 6) is 1.57. The molecule has 0 atom stereocenters. The maximum absolute atomic E-state index is 6.13. The molecule has 92 valence electrons. The minimum atomic E-state index is 0.522. The molecular weight excluding hydrogens is 196 g/mol. The molecule has 2 nitrogen and oxygen atoms in total. The number of amidine groups is 1. The predicted molar refractivity (Wildman–Crippen MR) is 69.6 cm³/mol. The van der Waals surface area contributed by atoms with Crippen LogP contribution in [0.5, 0.6) is 0 Å². The second-order valence-corrected chi connectivity index (χ2v) is 6.43. The lowest BCUT2D eigenvalue weighted by atomic mass is 9.76. The number of rotatable bonds is 2. The van der Waals surface area contributed by atoms with Crippen LogP contribution in [0.2, 0.25) is 0 Å². The molecule has 2 fully saturated rings. The maximum atomic E-state index is 6.13. The van der Waals surface area contributed by atoms with Crippen molar-refractivity contribution in [3.63, 3.8) is 0 Å². The van der Waals surface area contributed by atoms with E-state index < -0.39 is 0 Å². The third-order valence-corrected chi connectivity index (χ3v) is 4.41. The zero-order valence-electron chi connectivity index (χ0n) is 10.8. The van der Waals surface area contributed by atoms with Crippen molar-refractivity contribution < 1.29 is 0 Å². The van der Waals surface area contributed by atoms with E-state index in [0.29, 0.717) is 17.4 Å². The standard InChI is InChI=1S/C14H26N2/c1-14(2)9-7-12(8-10-14)16-13(15)11-5-3-4-6-11/h11-12H,3-10H2,1-2H3,(H2,15,16). The largest absolute Gasteiger partial charge is 0.387 e. The monoisotopic (exact) mass is 222 g/mol. The first-order valence-corrected chi connectivity index (χ1v) is 6.90. The van der Waals surface area contributed by atoms with Crippen LogP contribution in [0.15, 0.2) is 4.99 Å². The highest BCUT2D eigenvalue weighted by Crippen LogP contribution is 2.36. The highest BCUT2D eigenvalue weighted by atomic mass is 14.9.